The minimum absolute atomic E-state index is 0.0238. The van der Waals surface area contributed by atoms with Crippen LogP contribution < -0.4 is 5.73 Å². The van der Waals surface area contributed by atoms with Gasteiger partial charge in [-0.2, -0.15) is 5.10 Å². The van der Waals surface area contributed by atoms with Gasteiger partial charge in [0.05, 0.1) is 12.3 Å². The summed E-state index contributed by atoms with van der Waals surface area (Å²) < 4.78 is 1.92. The van der Waals surface area contributed by atoms with E-state index in [1.807, 2.05) is 23.9 Å². The topological polar surface area (TPSA) is 64.1 Å². The van der Waals surface area contributed by atoms with E-state index < -0.39 is 5.54 Å². The Morgan fingerprint density at radius 1 is 1.60 bits per heavy atom. The van der Waals surface area contributed by atoms with Crippen molar-refractivity contribution in [3.05, 3.63) is 18.0 Å². The predicted molar refractivity (Wildman–Crippen MR) is 60.4 cm³/mol. The molecule has 3 N–H and O–H groups in total. The van der Waals surface area contributed by atoms with Crippen molar-refractivity contribution in [3.8, 4) is 0 Å². The number of nitrogens with two attached hydrogens (primary N) is 1. The molecule has 0 aliphatic rings. The molecule has 1 atom stereocenters. The number of hydrogen-bond donors (Lipinski definition) is 2. The van der Waals surface area contributed by atoms with Crippen LogP contribution in [0, 0.1) is 5.92 Å². The van der Waals surface area contributed by atoms with Crippen LogP contribution in [0.3, 0.4) is 0 Å². The summed E-state index contributed by atoms with van der Waals surface area (Å²) in [5.74, 6) is 0.583. The van der Waals surface area contributed by atoms with E-state index in [0.29, 0.717) is 12.3 Å². The zero-order chi connectivity index (χ0) is 11.5. The SMILES string of the molecule is CC(C)Cn1ccc(CC(C)(N)CO)n1. The first kappa shape index (κ1) is 12.2. The lowest BCUT2D eigenvalue weighted by Gasteiger charge is -2.19. The number of rotatable bonds is 5. The Labute approximate surface area is 91.1 Å². The summed E-state index contributed by atoms with van der Waals surface area (Å²) >= 11 is 0. The van der Waals surface area contributed by atoms with Crippen molar-refractivity contribution in [2.45, 2.75) is 39.3 Å². The molecule has 4 nitrogen and oxygen atoms in total. The Morgan fingerprint density at radius 3 is 2.80 bits per heavy atom. The zero-order valence-corrected chi connectivity index (χ0v) is 9.77. The number of hydrogen-bond acceptors (Lipinski definition) is 3. The van der Waals surface area contributed by atoms with Crippen molar-refractivity contribution in [1.82, 2.24) is 9.78 Å². The predicted octanol–water partition coefficient (Wildman–Crippen LogP) is 0.791. The maximum Gasteiger partial charge on any atom is 0.0643 e. The Hall–Kier alpha value is -0.870. The molecule has 0 saturated carbocycles. The van der Waals surface area contributed by atoms with Gasteiger partial charge in [-0.15, -0.1) is 0 Å². The number of nitrogens with zero attached hydrogens (tertiary/aromatic N) is 2. The van der Waals surface area contributed by atoms with Gasteiger partial charge in [-0.1, -0.05) is 13.8 Å². The van der Waals surface area contributed by atoms with Crippen LogP contribution in [0.15, 0.2) is 12.3 Å². The van der Waals surface area contributed by atoms with Crippen LogP contribution in [0.4, 0.5) is 0 Å². The molecule has 1 unspecified atom stereocenters. The third kappa shape index (κ3) is 4.01. The average molecular weight is 211 g/mol. The van der Waals surface area contributed by atoms with Crippen LogP contribution in [0.2, 0.25) is 0 Å². The summed E-state index contributed by atoms with van der Waals surface area (Å²) in [6.07, 6.45) is 2.57. The smallest absolute Gasteiger partial charge is 0.0643 e. The van der Waals surface area contributed by atoms with Crippen molar-refractivity contribution in [2.24, 2.45) is 11.7 Å². The summed E-state index contributed by atoms with van der Waals surface area (Å²) in [5, 5.41) is 13.5. The molecule has 0 bridgehead atoms. The first-order chi connectivity index (χ1) is 6.93. The fourth-order valence-corrected chi connectivity index (χ4v) is 1.44. The monoisotopic (exact) mass is 211 g/mol. The summed E-state index contributed by atoms with van der Waals surface area (Å²) in [5.41, 5.74) is 6.23. The lowest BCUT2D eigenvalue weighted by atomic mass is 9.99. The van der Waals surface area contributed by atoms with Crippen molar-refractivity contribution in [2.75, 3.05) is 6.61 Å². The van der Waals surface area contributed by atoms with Crippen molar-refractivity contribution in [1.29, 1.82) is 0 Å². The van der Waals surface area contributed by atoms with Crippen LogP contribution in [-0.2, 0) is 13.0 Å². The molecule has 0 saturated heterocycles. The van der Waals surface area contributed by atoms with Gasteiger partial charge in [0, 0.05) is 24.7 Å². The standard InChI is InChI=1S/C11H21N3O/c1-9(2)7-14-5-4-10(13-14)6-11(3,12)8-15/h4-5,9,15H,6-8,12H2,1-3H3. The van der Waals surface area contributed by atoms with Gasteiger partial charge < -0.3 is 10.8 Å². The van der Waals surface area contributed by atoms with E-state index in [-0.39, 0.29) is 6.61 Å². The number of aliphatic hydroxyl groups is 1. The molecule has 0 fully saturated rings. The highest BCUT2D eigenvalue weighted by molar-refractivity contribution is 5.04. The maximum atomic E-state index is 9.05. The van der Waals surface area contributed by atoms with Gasteiger partial charge in [0.1, 0.15) is 0 Å². The molecule has 1 aromatic rings. The second-order valence-electron chi connectivity index (χ2n) is 4.91. The Morgan fingerprint density at radius 2 is 2.27 bits per heavy atom. The zero-order valence-electron chi connectivity index (χ0n) is 9.77. The largest absolute Gasteiger partial charge is 0.394 e. The van der Waals surface area contributed by atoms with E-state index in [9.17, 15) is 0 Å². The van der Waals surface area contributed by atoms with E-state index in [1.165, 1.54) is 0 Å². The molecule has 1 heterocycles. The summed E-state index contributed by atoms with van der Waals surface area (Å²) in [6, 6.07) is 1.96. The molecule has 4 heteroatoms. The van der Waals surface area contributed by atoms with Crippen molar-refractivity contribution in [3.63, 3.8) is 0 Å². The van der Waals surface area contributed by atoms with Crippen LogP contribution in [-0.4, -0.2) is 27.0 Å². The second-order valence-corrected chi connectivity index (χ2v) is 4.91. The Balaban J connectivity index is 2.60. The van der Waals surface area contributed by atoms with Crippen LogP contribution in [0.25, 0.3) is 0 Å². The quantitative estimate of drug-likeness (QED) is 0.757. The van der Waals surface area contributed by atoms with Gasteiger partial charge in [0.25, 0.3) is 0 Å². The average Bonchev–Trinajstić information content (AvgIpc) is 2.50. The van der Waals surface area contributed by atoms with Crippen LogP contribution in [0.5, 0.6) is 0 Å². The van der Waals surface area contributed by atoms with Crippen LogP contribution in [0.1, 0.15) is 26.5 Å². The molecule has 1 aromatic heterocycles. The molecule has 0 aliphatic heterocycles. The molecule has 0 aromatic carbocycles. The molecule has 1 rings (SSSR count). The summed E-state index contributed by atoms with van der Waals surface area (Å²) in [7, 11) is 0. The molecule has 0 radical (unpaired) electrons. The number of aromatic nitrogens is 2. The second kappa shape index (κ2) is 4.77. The Bertz CT molecular complexity index is 305. The fraction of sp³-hybridized carbons (Fsp3) is 0.727. The maximum absolute atomic E-state index is 9.05. The van der Waals surface area contributed by atoms with Crippen LogP contribution >= 0.6 is 0 Å². The minimum Gasteiger partial charge on any atom is -0.394 e. The van der Waals surface area contributed by atoms with E-state index in [2.05, 4.69) is 18.9 Å². The molecule has 0 aliphatic carbocycles. The molecule has 15 heavy (non-hydrogen) atoms. The highest BCUT2D eigenvalue weighted by Gasteiger charge is 2.19. The lowest BCUT2D eigenvalue weighted by molar-refractivity contribution is 0.207. The molecule has 86 valence electrons. The van der Waals surface area contributed by atoms with E-state index in [0.717, 1.165) is 12.2 Å². The van der Waals surface area contributed by atoms with Gasteiger partial charge >= 0.3 is 0 Å². The third-order valence-electron chi connectivity index (χ3n) is 2.19. The van der Waals surface area contributed by atoms with Gasteiger partial charge in [-0.25, -0.2) is 0 Å². The highest BCUT2D eigenvalue weighted by atomic mass is 16.3. The first-order valence-corrected chi connectivity index (χ1v) is 5.35. The fourth-order valence-electron chi connectivity index (χ4n) is 1.44. The third-order valence-corrected chi connectivity index (χ3v) is 2.19. The summed E-state index contributed by atoms with van der Waals surface area (Å²) in [6.45, 7) is 7.03. The van der Waals surface area contributed by atoms with Gasteiger partial charge in [0.2, 0.25) is 0 Å². The molecular formula is C11H21N3O. The minimum atomic E-state index is -0.572. The van der Waals surface area contributed by atoms with E-state index in [4.69, 9.17) is 10.8 Å². The summed E-state index contributed by atoms with van der Waals surface area (Å²) in [4.78, 5) is 0. The van der Waals surface area contributed by atoms with Crippen molar-refractivity contribution >= 4 is 0 Å². The van der Waals surface area contributed by atoms with Gasteiger partial charge in [-0.3, -0.25) is 4.68 Å². The first-order valence-electron chi connectivity index (χ1n) is 5.35. The lowest BCUT2D eigenvalue weighted by Crippen LogP contribution is -2.42. The van der Waals surface area contributed by atoms with Gasteiger partial charge in [-0.05, 0) is 18.9 Å². The van der Waals surface area contributed by atoms with E-state index >= 15 is 0 Å². The Kier molecular flexibility index (Phi) is 3.88. The highest BCUT2D eigenvalue weighted by Crippen LogP contribution is 2.08. The molecular weight excluding hydrogens is 190 g/mol. The molecule has 0 amide bonds. The van der Waals surface area contributed by atoms with E-state index in [1.54, 1.807) is 0 Å². The number of aliphatic hydroxyl groups excluding tert-OH is 1. The van der Waals surface area contributed by atoms with Gasteiger partial charge in [0.15, 0.2) is 0 Å². The van der Waals surface area contributed by atoms with Crippen molar-refractivity contribution < 1.29 is 5.11 Å². The molecule has 0 spiro atoms. The normalized spacial score (nSPS) is 15.6.